The first-order valence-corrected chi connectivity index (χ1v) is 5.95. The second-order valence-electron chi connectivity index (χ2n) is 3.77. The van der Waals surface area contributed by atoms with E-state index in [1.165, 1.54) is 32.1 Å². The average Bonchev–Trinajstić information content (AvgIpc) is 2.20. The van der Waals surface area contributed by atoms with E-state index in [1.807, 2.05) is 0 Å². The lowest BCUT2D eigenvalue weighted by Gasteiger charge is -1.94. The maximum atomic E-state index is 10.2. The predicted molar refractivity (Wildman–Crippen MR) is 62.6 cm³/mol. The van der Waals surface area contributed by atoms with Crippen molar-refractivity contribution in [1.29, 1.82) is 0 Å². The number of carbonyl (C=O) groups is 1. The molecule has 0 saturated carbocycles. The monoisotopic (exact) mass is 210 g/mol. The molecule has 0 aliphatic rings. The van der Waals surface area contributed by atoms with Crippen molar-refractivity contribution in [3.8, 4) is 11.8 Å². The SMILES string of the molecule is CCCCCCCC#CCCCC(=O)O. The Labute approximate surface area is 93.1 Å². The molecule has 0 unspecified atom stereocenters. The summed E-state index contributed by atoms with van der Waals surface area (Å²) >= 11 is 0. The van der Waals surface area contributed by atoms with Crippen LogP contribution in [0.2, 0.25) is 0 Å². The summed E-state index contributed by atoms with van der Waals surface area (Å²) in [6.45, 7) is 2.21. The van der Waals surface area contributed by atoms with Crippen LogP contribution in [-0.2, 0) is 4.79 Å². The quantitative estimate of drug-likeness (QED) is 0.491. The highest BCUT2D eigenvalue weighted by Crippen LogP contribution is 2.04. The van der Waals surface area contributed by atoms with Gasteiger partial charge in [-0.3, -0.25) is 4.79 Å². The summed E-state index contributed by atoms with van der Waals surface area (Å²) in [6, 6.07) is 0. The van der Waals surface area contributed by atoms with Crippen LogP contribution in [0.25, 0.3) is 0 Å². The van der Waals surface area contributed by atoms with E-state index in [0.29, 0.717) is 6.42 Å². The highest BCUT2D eigenvalue weighted by Gasteiger charge is 1.92. The number of rotatable bonds is 8. The fourth-order valence-electron chi connectivity index (χ4n) is 1.32. The van der Waals surface area contributed by atoms with Crippen LogP contribution in [0.1, 0.15) is 64.7 Å². The molecule has 2 heteroatoms. The number of hydrogen-bond acceptors (Lipinski definition) is 1. The molecule has 15 heavy (non-hydrogen) atoms. The summed E-state index contributed by atoms with van der Waals surface area (Å²) in [7, 11) is 0. The van der Waals surface area contributed by atoms with E-state index in [2.05, 4.69) is 18.8 Å². The predicted octanol–water partition coefficient (Wildman–Crippen LogP) is 3.61. The van der Waals surface area contributed by atoms with Crippen LogP contribution in [0, 0.1) is 11.8 Å². The molecule has 0 heterocycles. The first-order chi connectivity index (χ1) is 7.27. The van der Waals surface area contributed by atoms with Crippen LogP contribution in [-0.4, -0.2) is 11.1 Å². The van der Waals surface area contributed by atoms with E-state index in [4.69, 9.17) is 5.11 Å². The molecule has 0 saturated heterocycles. The van der Waals surface area contributed by atoms with Gasteiger partial charge < -0.3 is 5.11 Å². The molecule has 2 nitrogen and oxygen atoms in total. The van der Waals surface area contributed by atoms with Gasteiger partial charge in [-0.1, -0.05) is 32.6 Å². The van der Waals surface area contributed by atoms with E-state index in [9.17, 15) is 4.79 Å². The molecular formula is C13H22O2. The second kappa shape index (κ2) is 11.1. The topological polar surface area (TPSA) is 37.3 Å². The molecule has 0 amide bonds. The first kappa shape index (κ1) is 14.0. The molecule has 86 valence electrons. The highest BCUT2D eigenvalue weighted by molar-refractivity contribution is 5.66. The van der Waals surface area contributed by atoms with Gasteiger partial charge in [-0.05, 0) is 12.8 Å². The van der Waals surface area contributed by atoms with Crippen LogP contribution >= 0.6 is 0 Å². The summed E-state index contributed by atoms with van der Waals surface area (Å²) in [5.74, 6) is 5.39. The Kier molecular flexibility index (Phi) is 10.4. The highest BCUT2D eigenvalue weighted by atomic mass is 16.4. The minimum atomic E-state index is -0.726. The average molecular weight is 210 g/mol. The molecule has 0 aromatic carbocycles. The largest absolute Gasteiger partial charge is 0.481 e. The van der Waals surface area contributed by atoms with Gasteiger partial charge in [-0.25, -0.2) is 0 Å². The number of aliphatic carboxylic acids is 1. The molecule has 0 radical (unpaired) electrons. The lowest BCUT2D eigenvalue weighted by atomic mass is 10.1. The van der Waals surface area contributed by atoms with Crippen molar-refractivity contribution in [1.82, 2.24) is 0 Å². The van der Waals surface area contributed by atoms with E-state index in [-0.39, 0.29) is 6.42 Å². The molecule has 0 aliphatic carbocycles. The number of unbranched alkanes of at least 4 members (excludes halogenated alkanes) is 6. The fraction of sp³-hybridized carbons (Fsp3) is 0.769. The van der Waals surface area contributed by atoms with Gasteiger partial charge in [-0.15, -0.1) is 11.8 Å². The minimum absolute atomic E-state index is 0.241. The van der Waals surface area contributed by atoms with Crippen molar-refractivity contribution in [2.45, 2.75) is 64.7 Å². The Morgan fingerprint density at radius 3 is 2.20 bits per heavy atom. The molecule has 0 rings (SSSR count). The molecule has 0 atom stereocenters. The van der Waals surface area contributed by atoms with Crippen LogP contribution in [0.4, 0.5) is 0 Å². The maximum Gasteiger partial charge on any atom is 0.303 e. The van der Waals surface area contributed by atoms with Crippen molar-refractivity contribution in [3.05, 3.63) is 0 Å². The normalized spacial score (nSPS) is 9.40. The van der Waals surface area contributed by atoms with Gasteiger partial charge in [0.15, 0.2) is 0 Å². The summed E-state index contributed by atoms with van der Waals surface area (Å²) in [5.41, 5.74) is 0. The molecular weight excluding hydrogens is 188 g/mol. The van der Waals surface area contributed by atoms with E-state index < -0.39 is 5.97 Å². The third-order valence-corrected chi connectivity index (χ3v) is 2.22. The summed E-state index contributed by atoms with van der Waals surface area (Å²) in [5, 5.41) is 8.39. The Bertz CT molecular complexity index is 210. The molecule has 0 aromatic heterocycles. The molecule has 0 aliphatic heterocycles. The van der Waals surface area contributed by atoms with E-state index in [1.54, 1.807) is 0 Å². The lowest BCUT2D eigenvalue weighted by molar-refractivity contribution is -0.137. The molecule has 0 spiro atoms. The lowest BCUT2D eigenvalue weighted by Crippen LogP contribution is -1.92. The zero-order chi connectivity index (χ0) is 11.4. The van der Waals surface area contributed by atoms with Gasteiger partial charge >= 0.3 is 5.97 Å². The van der Waals surface area contributed by atoms with Crippen LogP contribution in [0.15, 0.2) is 0 Å². The molecule has 0 aromatic rings. The fourth-order valence-corrected chi connectivity index (χ4v) is 1.32. The smallest absolute Gasteiger partial charge is 0.303 e. The summed E-state index contributed by atoms with van der Waals surface area (Å²) in [6.07, 6.45) is 9.00. The van der Waals surface area contributed by atoms with Crippen molar-refractivity contribution < 1.29 is 9.90 Å². The minimum Gasteiger partial charge on any atom is -0.481 e. The van der Waals surface area contributed by atoms with Gasteiger partial charge in [0, 0.05) is 19.3 Å². The third-order valence-electron chi connectivity index (χ3n) is 2.22. The summed E-state index contributed by atoms with van der Waals surface area (Å²) < 4.78 is 0. The Balaban J connectivity index is 3.13. The maximum absolute atomic E-state index is 10.2. The van der Waals surface area contributed by atoms with Crippen molar-refractivity contribution in [3.63, 3.8) is 0 Å². The van der Waals surface area contributed by atoms with Crippen molar-refractivity contribution in [2.24, 2.45) is 0 Å². The van der Waals surface area contributed by atoms with Gasteiger partial charge in [0.1, 0.15) is 0 Å². The number of carboxylic acid groups (broad SMARTS) is 1. The molecule has 0 fully saturated rings. The molecule has 0 bridgehead atoms. The van der Waals surface area contributed by atoms with Gasteiger partial charge in [0.2, 0.25) is 0 Å². The molecule has 1 N–H and O–H groups in total. The van der Waals surface area contributed by atoms with Gasteiger partial charge in [0.25, 0.3) is 0 Å². The Morgan fingerprint density at radius 2 is 1.60 bits per heavy atom. The third kappa shape index (κ3) is 13.0. The first-order valence-electron chi connectivity index (χ1n) is 5.95. The van der Waals surface area contributed by atoms with Crippen molar-refractivity contribution >= 4 is 5.97 Å². The van der Waals surface area contributed by atoms with Gasteiger partial charge in [-0.2, -0.15) is 0 Å². The second-order valence-corrected chi connectivity index (χ2v) is 3.77. The van der Waals surface area contributed by atoms with Crippen LogP contribution in [0.3, 0.4) is 0 Å². The van der Waals surface area contributed by atoms with E-state index in [0.717, 1.165) is 12.8 Å². The van der Waals surface area contributed by atoms with Crippen LogP contribution < -0.4 is 0 Å². The summed E-state index contributed by atoms with van der Waals surface area (Å²) in [4.78, 5) is 10.2. The standard InChI is InChI=1S/C13H22O2/c1-2-3-4-5-6-7-8-9-10-11-12-13(14)15/h2-7,10-12H2,1H3,(H,14,15). The van der Waals surface area contributed by atoms with Gasteiger partial charge in [0.05, 0.1) is 0 Å². The Hall–Kier alpha value is -0.970. The number of carboxylic acids is 1. The zero-order valence-electron chi connectivity index (χ0n) is 9.72. The van der Waals surface area contributed by atoms with Crippen molar-refractivity contribution in [2.75, 3.05) is 0 Å². The van der Waals surface area contributed by atoms with E-state index >= 15 is 0 Å². The zero-order valence-corrected chi connectivity index (χ0v) is 9.72. The Morgan fingerprint density at radius 1 is 1.00 bits per heavy atom. The van der Waals surface area contributed by atoms with Crippen LogP contribution in [0.5, 0.6) is 0 Å². The number of hydrogen-bond donors (Lipinski definition) is 1.